The molecule has 3 aliphatic rings. The number of ether oxygens (including phenoxy) is 2. The number of rotatable bonds is 2. The Bertz CT molecular complexity index is 934. The van der Waals surface area contributed by atoms with Crippen molar-refractivity contribution in [2.45, 2.75) is 31.7 Å². The van der Waals surface area contributed by atoms with Crippen LogP contribution in [0.2, 0.25) is 0 Å². The molecule has 2 saturated heterocycles. The number of fused-ring (bicyclic) bond motifs is 2. The molecule has 5 rings (SSSR count). The van der Waals surface area contributed by atoms with Crippen LogP contribution in [0.25, 0.3) is 0 Å². The zero-order valence-corrected chi connectivity index (χ0v) is 14.9. The SMILES string of the molecule is Cc1ncoc1C(=O)N1CCC2NNC(c3cccc4c3OC(F)(F)O4)C2C1. The summed E-state index contributed by atoms with van der Waals surface area (Å²) in [5.74, 6) is 0.00964. The van der Waals surface area contributed by atoms with E-state index in [-0.39, 0.29) is 41.2 Å². The molecule has 0 bridgehead atoms. The fourth-order valence-electron chi connectivity index (χ4n) is 4.18. The number of nitrogens with zero attached hydrogens (tertiary/aromatic N) is 2. The van der Waals surface area contributed by atoms with Crippen molar-refractivity contribution in [2.75, 3.05) is 13.1 Å². The van der Waals surface area contributed by atoms with Gasteiger partial charge in [0.1, 0.15) is 0 Å². The average Bonchev–Trinajstić information content (AvgIpc) is 3.35. The molecule has 8 nitrogen and oxygen atoms in total. The van der Waals surface area contributed by atoms with Gasteiger partial charge in [-0.2, -0.15) is 0 Å². The second-order valence-electron chi connectivity index (χ2n) is 7.19. The van der Waals surface area contributed by atoms with Crippen molar-refractivity contribution in [3.8, 4) is 11.5 Å². The first-order chi connectivity index (χ1) is 13.4. The first kappa shape index (κ1) is 17.4. The number of halogens is 2. The second-order valence-corrected chi connectivity index (χ2v) is 7.19. The molecule has 0 spiro atoms. The first-order valence-corrected chi connectivity index (χ1v) is 9.02. The van der Waals surface area contributed by atoms with Crippen LogP contribution in [-0.2, 0) is 0 Å². The number of aryl methyl sites for hydroxylation is 1. The minimum atomic E-state index is -3.68. The fourth-order valence-corrected chi connectivity index (χ4v) is 4.18. The summed E-state index contributed by atoms with van der Waals surface area (Å²) in [4.78, 5) is 18.5. The van der Waals surface area contributed by atoms with Gasteiger partial charge in [-0.25, -0.2) is 10.4 Å². The molecule has 1 aromatic heterocycles. The summed E-state index contributed by atoms with van der Waals surface area (Å²) in [7, 11) is 0. The molecule has 4 heterocycles. The Balaban J connectivity index is 1.41. The van der Waals surface area contributed by atoms with Crippen molar-refractivity contribution in [3.63, 3.8) is 0 Å². The Hall–Kier alpha value is -2.72. The van der Waals surface area contributed by atoms with Crippen LogP contribution in [0.15, 0.2) is 29.0 Å². The van der Waals surface area contributed by atoms with Gasteiger partial charge in [0.2, 0.25) is 5.76 Å². The number of likely N-dealkylation sites (tertiary alicyclic amines) is 1. The summed E-state index contributed by atoms with van der Waals surface area (Å²) in [5.41, 5.74) is 7.50. The molecule has 0 radical (unpaired) electrons. The van der Waals surface area contributed by atoms with Crippen LogP contribution in [0.3, 0.4) is 0 Å². The normalized spacial score (nSPS) is 27.7. The highest BCUT2D eigenvalue weighted by atomic mass is 19.3. The summed E-state index contributed by atoms with van der Waals surface area (Å²) < 4.78 is 41.6. The molecular formula is C18H18F2N4O4. The van der Waals surface area contributed by atoms with E-state index in [0.29, 0.717) is 24.3 Å². The van der Waals surface area contributed by atoms with Gasteiger partial charge in [0.25, 0.3) is 5.91 Å². The summed E-state index contributed by atoms with van der Waals surface area (Å²) in [6.45, 7) is 2.72. The van der Waals surface area contributed by atoms with Gasteiger partial charge in [-0.15, -0.1) is 8.78 Å². The maximum atomic E-state index is 13.6. The van der Waals surface area contributed by atoms with Gasteiger partial charge in [0, 0.05) is 30.6 Å². The summed E-state index contributed by atoms with van der Waals surface area (Å²) >= 11 is 0. The molecule has 1 amide bonds. The molecule has 10 heteroatoms. The van der Waals surface area contributed by atoms with Crippen LogP contribution >= 0.6 is 0 Å². The van der Waals surface area contributed by atoms with Gasteiger partial charge in [-0.1, -0.05) is 12.1 Å². The molecule has 2 fully saturated rings. The van der Waals surface area contributed by atoms with Gasteiger partial charge in [-0.05, 0) is 19.4 Å². The van der Waals surface area contributed by atoms with E-state index in [1.165, 1.54) is 12.5 Å². The van der Waals surface area contributed by atoms with E-state index in [1.807, 2.05) is 0 Å². The second kappa shape index (κ2) is 6.14. The number of carbonyl (C=O) groups is 1. The van der Waals surface area contributed by atoms with Gasteiger partial charge >= 0.3 is 6.29 Å². The number of oxazole rings is 1. The molecule has 1 aromatic carbocycles. The van der Waals surface area contributed by atoms with Crippen molar-refractivity contribution < 1.29 is 27.5 Å². The zero-order chi connectivity index (χ0) is 19.5. The largest absolute Gasteiger partial charge is 0.586 e. The minimum absolute atomic E-state index is 0.00813. The number of benzene rings is 1. The highest BCUT2D eigenvalue weighted by Gasteiger charge is 2.48. The molecule has 2 N–H and O–H groups in total. The number of piperidine rings is 1. The van der Waals surface area contributed by atoms with Crippen LogP contribution in [-0.4, -0.2) is 41.2 Å². The molecule has 3 aliphatic heterocycles. The average molecular weight is 392 g/mol. The minimum Gasteiger partial charge on any atom is -0.438 e. The predicted octanol–water partition coefficient (Wildman–Crippen LogP) is 1.98. The van der Waals surface area contributed by atoms with E-state index in [2.05, 4.69) is 20.6 Å². The number of amides is 1. The third kappa shape index (κ3) is 2.71. The Labute approximate surface area is 158 Å². The van der Waals surface area contributed by atoms with E-state index in [0.717, 1.165) is 6.42 Å². The molecule has 3 atom stereocenters. The highest BCUT2D eigenvalue weighted by molar-refractivity contribution is 5.92. The zero-order valence-electron chi connectivity index (χ0n) is 14.9. The van der Waals surface area contributed by atoms with E-state index in [4.69, 9.17) is 9.15 Å². The first-order valence-electron chi connectivity index (χ1n) is 9.02. The molecule has 0 aliphatic carbocycles. The predicted molar refractivity (Wildman–Crippen MR) is 90.7 cm³/mol. The van der Waals surface area contributed by atoms with Crippen molar-refractivity contribution in [2.24, 2.45) is 5.92 Å². The summed E-state index contributed by atoms with van der Waals surface area (Å²) in [6.07, 6.45) is -1.71. The quantitative estimate of drug-likeness (QED) is 0.808. The van der Waals surface area contributed by atoms with Crippen LogP contribution in [0.4, 0.5) is 8.78 Å². The lowest BCUT2D eigenvalue weighted by atomic mass is 9.84. The highest BCUT2D eigenvalue weighted by Crippen LogP contribution is 2.47. The van der Waals surface area contributed by atoms with Crippen LogP contribution in [0.5, 0.6) is 11.5 Å². The Kier molecular flexibility index (Phi) is 3.81. The molecule has 148 valence electrons. The lowest BCUT2D eigenvalue weighted by Gasteiger charge is -2.35. The lowest BCUT2D eigenvalue weighted by Crippen LogP contribution is -2.47. The topological polar surface area (TPSA) is 88.9 Å². The molecular weight excluding hydrogens is 374 g/mol. The number of nitrogens with one attached hydrogen (secondary N) is 2. The van der Waals surface area contributed by atoms with E-state index < -0.39 is 6.29 Å². The Morgan fingerprint density at radius 1 is 1.32 bits per heavy atom. The monoisotopic (exact) mass is 392 g/mol. The lowest BCUT2D eigenvalue weighted by molar-refractivity contribution is -0.287. The molecule has 0 saturated carbocycles. The number of hydrogen-bond donors (Lipinski definition) is 2. The number of aromatic nitrogens is 1. The maximum Gasteiger partial charge on any atom is 0.586 e. The summed E-state index contributed by atoms with van der Waals surface area (Å²) in [6, 6.07) is 4.61. The van der Waals surface area contributed by atoms with Gasteiger partial charge in [0.05, 0.1) is 11.7 Å². The van der Waals surface area contributed by atoms with Crippen molar-refractivity contribution >= 4 is 5.91 Å². The van der Waals surface area contributed by atoms with E-state index in [1.54, 1.807) is 24.0 Å². The number of alkyl halides is 2. The number of carbonyl (C=O) groups excluding carboxylic acids is 1. The summed E-state index contributed by atoms with van der Waals surface area (Å²) in [5, 5.41) is 0. The smallest absolute Gasteiger partial charge is 0.438 e. The van der Waals surface area contributed by atoms with Crippen LogP contribution in [0, 0.1) is 12.8 Å². The van der Waals surface area contributed by atoms with E-state index >= 15 is 0 Å². The van der Waals surface area contributed by atoms with Crippen molar-refractivity contribution in [3.05, 3.63) is 41.6 Å². The van der Waals surface area contributed by atoms with Gasteiger partial charge in [0.15, 0.2) is 17.9 Å². The van der Waals surface area contributed by atoms with Crippen LogP contribution < -0.4 is 20.3 Å². The number of para-hydroxylation sites is 1. The number of hydrogen-bond acceptors (Lipinski definition) is 7. The third-order valence-electron chi connectivity index (χ3n) is 5.53. The number of hydrazine groups is 1. The molecule has 3 unspecified atom stereocenters. The van der Waals surface area contributed by atoms with Crippen LogP contribution in [0.1, 0.15) is 34.3 Å². The van der Waals surface area contributed by atoms with E-state index in [9.17, 15) is 13.6 Å². The Morgan fingerprint density at radius 3 is 2.96 bits per heavy atom. The van der Waals surface area contributed by atoms with Gasteiger partial charge in [-0.3, -0.25) is 10.2 Å². The standard InChI is InChI=1S/C18H18F2N4O4/c1-9-15(26-8-21-9)17(25)24-6-5-12-11(7-24)14(23-22-12)10-3-2-4-13-16(10)28-18(19,20)27-13/h2-4,8,11-12,14,22-23H,5-7H2,1H3. The maximum absolute atomic E-state index is 13.6. The molecule has 28 heavy (non-hydrogen) atoms. The molecule has 2 aromatic rings. The van der Waals surface area contributed by atoms with Gasteiger partial charge < -0.3 is 18.8 Å². The van der Waals surface area contributed by atoms with Crippen molar-refractivity contribution in [1.82, 2.24) is 20.7 Å². The van der Waals surface area contributed by atoms with Crippen molar-refractivity contribution in [1.29, 1.82) is 0 Å². The fraction of sp³-hybridized carbons (Fsp3) is 0.444. The Morgan fingerprint density at radius 2 is 2.18 bits per heavy atom. The third-order valence-corrected chi connectivity index (χ3v) is 5.53.